The normalized spacial score (nSPS) is 14.2. The molecule has 0 aliphatic rings. The summed E-state index contributed by atoms with van der Waals surface area (Å²) in [7, 11) is 0. The minimum absolute atomic E-state index is 0.00986. The highest BCUT2D eigenvalue weighted by molar-refractivity contribution is 5.93. The number of rotatable bonds is 7. The van der Waals surface area contributed by atoms with E-state index in [0.29, 0.717) is 6.42 Å². The average molecular weight is 241 g/mol. The van der Waals surface area contributed by atoms with Crippen molar-refractivity contribution in [2.45, 2.75) is 18.9 Å². The Kier molecular flexibility index (Phi) is 4.80. The van der Waals surface area contributed by atoms with Crippen molar-refractivity contribution in [2.24, 2.45) is 17.4 Å². The predicted octanol–water partition coefficient (Wildman–Crippen LogP) is -0.376. The van der Waals surface area contributed by atoms with Gasteiger partial charge in [0.1, 0.15) is 12.3 Å². The molecule has 0 aliphatic carbocycles. The molecule has 94 valence electrons. The largest absolute Gasteiger partial charge is 0.480 e. The molecular formula is C10H15N3O4. The number of aliphatic carboxylic acids is 1. The molecule has 1 rings (SSSR count). The van der Waals surface area contributed by atoms with Crippen molar-refractivity contribution in [3.8, 4) is 0 Å². The van der Waals surface area contributed by atoms with Crippen LogP contribution >= 0.6 is 0 Å². The molecule has 7 heteroatoms. The first-order valence-electron chi connectivity index (χ1n) is 5.18. The Morgan fingerprint density at radius 1 is 1.47 bits per heavy atom. The molecule has 17 heavy (non-hydrogen) atoms. The lowest BCUT2D eigenvalue weighted by atomic mass is 9.96. The van der Waals surface area contributed by atoms with E-state index in [1.54, 1.807) is 0 Å². The van der Waals surface area contributed by atoms with Crippen LogP contribution in [0.15, 0.2) is 16.9 Å². The molecule has 0 radical (unpaired) electrons. The number of hydrogen-bond acceptors (Lipinski definition) is 6. The summed E-state index contributed by atoms with van der Waals surface area (Å²) in [6.07, 6.45) is 3.14. The molecule has 0 amide bonds. The highest BCUT2D eigenvalue weighted by atomic mass is 16.4. The van der Waals surface area contributed by atoms with Crippen LogP contribution in [-0.2, 0) is 4.79 Å². The van der Waals surface area contributed by atoms with Gasteiger partial charge >= 0.3 is 5.97 Å². The first-order chi connectivity index (χ1) is 8.06. The Labute approximate surface area is 97.8 Å². The van der Waals surface area contributed by atoms with Crippen molar-refractivity contribution < 1.29 is 19.1 Å². The molecule has 2 atom stereocenters. The summed E-state index contributed by atoms with van der Waals surface area (Å²) >= 11 is 0. The van der Waals surface area contributed by atoms with Gasteiger partial charge in [0.05, 0.1) is 6.20 Å². The molecule has 0 saturated heterocycles. The first-order valence-corrected chi connectivity index (χ1v) is 5.18. The highest BCUT2D eigenvalue weighted by Crippen LogP contribution is 2.13. The number of hydrogen-bond donors (Lipinski definition) is 3. The van der Waals surface area contributed by atoms with Gasteiger partial charge in [0.2, 0.25) is 5.78 Å². The number of nitrogens with zero attached hydrogens (tertiary/aromatic N) is 1. The van der Waals surface area contributed by atoms with E-state index in [-0.39, 0.29) is 24.6 Å². The summed E-state index contributed by atoms with van der Waals surface area (Å²) in [5, 5.41) is 8.62. The summed E-state index contributed by atoms with van der Waals surface area (Å²) < 4.78 is 4.87. The maximum Gasteiger partial charge on any atom is 0.320 e. The maximum absolute atomic E-state index is 11.8. The SMILES string of the molecule is NCC(CCC(N)C(=O)O)C(=O)c1ncco1. The second-order valence-corrected chi connectivity index (χ2v) is 3.66. The molecule has 7 nitrogen and oxygen atoms in total. The van der Waals surface area contributed by atoms with Gasteiger partial charge < -0.3 is 21.0 Å². The zero-order valence-electron chi connectivity index (χ0n) is 9.20. The van der Waals surface area contributed by atoms with Crippen LogP contribution in [0, 0.1) is 5.92 Å². The number of ketones is 1. The minimum Gasteiger partial charge on any atom is -0.480 e. The zero-order valence-corrected chi connectivity index (χ0v) is 9.20. The fraction of sp³-hybridized carbons (Fsp3) is 0.500. The van der Waals surface area contributed by atoms with Crippen LogP contribution in [0.1, 0.15) is 23.5 Å². The number of carbonyl (C=O) groups excluding carboxylic acids is 1. The number of nitrogens with two attached hydrogens (primary N) is 2. The van der Waals surface area contributed by atoms with Crippen molar-refractivity contribution in [3.05, 3.63) is 18.4 Å². The van der Waals surface area contributed by atoms with Crippen molar-refractivity contribution in [1.82, 2.24) is 4.98 Å². The molecule has 2 unspecified atom stereocenters. The van der Waals surface area contributed by atoms with Gasteiger partial charge in [-0.1, -0.05) is 0 Å². The molecule has 1 aromatic heterocycles. The number of carboxylic acids is 1. The summed E-state index contributed by atoms with van der Waals surface area (Å²) in [5.74, 6) is -1.94. The van der Waals surface area contributed by atoms with Crippen LogP contribution in [0.3, 0.4) is 0 Å². The molecule has 0 aliphatic heterocycles. The molecular weight excluding hydrogens is 226 g/mol. The van der Waals surface area contributed by atoms with Crippen LogP contribution in [-0.4, -0.2) is 34.4 Å². The van der Waals surface area contributed by atoms with Gasteiger partial charge in [-0.2, -0.15) is 0 Å². The third-order valence-electron chi connectivity index (χ3n) is 2.44. The zero-order chi connectivity index (χ0) is 12.8. The fourth-order valence-corrected chi connectivity index (χ4v) is 1.38. The van der Waals surface area contributed by atoms with Gasteiger partial charge in [-0.25, -0.2) is 4.98 Å². The van der Waals surface area contributed by atoms with E-state index in [9.17, 15) is 9.59 Å². The molecule has 5 N–H and O–H groups in total. The second kappa shape index (κ2) is 6.12. The minimum atomic E-state index is -1.09. The monoisotopic (exact) mass is 241 g/mol. The van der Waals surface area contributed by atoms with Crippen LogP contribution < -0.4 is 11.5 Å². The molecule has 0 spiro atoms. The second-order valence-electron chi connectivity index (χ2n) is 3.66. The van der Waals surface area contributed by atoms with Crippen molar-refractivity contribution in [3.63, 3.8) is 0 Å². The average Bonchev–Trinajstić information content (AvgIpc) is 2.82. The first kappa shape index (κ1) is 13.3. The van der Waals surface area contributed by atoms with Crippen LogP contribution in [0.4, 0.5) is 0 Å². The third-order valence-corrected chi connectivity index (χ3v) is 2.44. The topological polar surface area (TPSA) is 132 Å². The van der Waals surface area contributed by atoms with E-state index in [2.05, 4.69) is 4.98 Å². The lowest BCUT2D eigenvalue weighted by Crippen LogP contribution is -2.32. The Hall–Kier alpha value is -1.73. The standard InChI is InChI=1S/C10H15N3O4/c11-5-6(1-2-7(12)10(15)16)8(14)9-13-3-4-17-9/h3-4,6-7H,1-2,5,11-12H2,(H,15,16). The fourth-order valence-electron chi connectivity index (χ4n) is 1.38. The number of aromatic nitrogens is 1. The van der Waals surface area contributed by atoms with Gasteiger partial charge in [0.25, 0.3) is 5.89 Å². The van der Waals surface area contributed by atoms with E-state index in [0.717, 1.165) is 0 Å². The number of oxazole rings is 1. The lowest BCUT2D eigenvalue weighted by Gasteiger charge is -2.12. The molecule has 0 saturated carbocycles. The van der Waals surface area contributed by atoms with Gasteiger partial charge in [-0.3, -0.25) is 9.59 Å². The van der Waals surface area contributed by atoms with E-state index in [1.807, 2.05) is 0 Å². The van der Waals surface area contributed by atoms with Gasteiger partial charge in [0.15, 0.2) is 0 Å². The van der Waals surface area contributed by atoms with Crippen molar-refractivity contribution in [2.75, 3.05) is 6.54 Å². The van der Waals surface area contributed by atoms with E-state index in [4.69, 9.17) is 21.0 Å². The van der Waals surface area contributed by atoms with Crippen LogP contribution in [0.25, 0.3) is 0 Å². The molecule has 1 heterocycles. The summed E-state index contributed by atoms with van der Waals surface area (Å²) in [6, 6.07) is -0.985. The molecule has 0 fully saturated rings. The molecule has 1 aromatic rings. The van der Waals surface area contributed by atoms with Crippen molar-refractivity contribution >= 4 is 11.8 Å². The predicted molar refractivity (Wildman–Crippen MR) is 58.2 cm³/mol. The molecule has 0 bridgehead atoms. The highest BCUT2D eigenvalue weighted by Gasteiger charge is 2.24. The number of carboxylic acid groups (broad SMARTS) is 1. The third kappa shape index (κ3) is 3.65. The summed E-state index contributed by atoms with van der Waals surface area (Å²) in [5.41, 5.74) is 10.8. The summed E-state index contributed by atoms with van der Waals surface area (Å²) in [4.78, 5) is 26.0. The maximum atomic E-state index is 11.8. The number of Topliss-reactive ketones (excluding diaryl/α,β-unsaturated/α-hetero) is 1. The Balaban J connectivity index is 2.54. The summed E-state index contributed by atoms with van der Waals surface area (Å²) in [6.45, 7) is 0.105. The van der Waals surface area contributed by atoms with E-state index in [1.165, 1.54) is 12.5 Å². The van der Waals surface area contributed by atoms with Gasteiger partial charge in [0, 0.05) is 12.5 Å². The van der Waals surface area contributed by atoms with Crippen LogP contribution in [0.5, 0.6) is 0 Å². The van der Waals surface area contributed by atoms with Crippen LogP contribution in [0.2, 0.25) is 0 Å². The van der Waals surface area contributed by atoms with E-state index >= 15 is 0 Å². The van der Waals surface area contributed by atoms with Gasteiger partial charge in [-0.15, -0.1) is 0 Å². The Morgan fingerprint density at radius 2 is 2.18 bits per heavy atom. The Bertz CT molecular complexity index is 377. The van der Waals surface area contributed by atoms with Crippen molar-refractivity contribution in [1.29, 1.82) is 0 Å². The lowest BCUT2D eigenvalue weighted by molar-refractivity contribution is -0.138. The van der Waals surface area contributed by atoms with Gasteiger partial charge in [-0.05, 0) is 12.8 Å². The Morgan fingerprint density at radius 3 is 2.65 bits per heavy atom. The number of carbonyl (C=O) groups is 2. The van der Waals surface area contributed by atoms with E-state index < -0.39 is 17.9 Å². The quantitative estimate of drug-likeness (QED) is 0.554. The smallest absolute Gasteiger partial charge is 0.320 e. The molecule has 0 aromatic carbocycles.